The van der Waals surface area contributed by atoms with E-state index in [1.54, 1.807) is 0 Å². The van der Waals surface area contributed by atoms with Crippen LogP contribution < -0.4 is 0 Å². The fourth-order valence-electron chi connectivity index (χ4n) is 1.68. The lowest BCUT2D eigenvalue weighted by molar-refractivity contribution is -0.141. The second kappa shape index (κ2) is 13.5. The van der Waals surface area contributed by atoms with Gasteiger partial charge in [-0.1, -0.05) is 52.5 Å². The molecule has 122 valence electrons. The Morgan fingerprint density at radius 1 is 1.05 bits per heavy atom. The fraction of sp³-hybridized carbons (Fsp3) is 0.750. The zero-order valence-electron chi connectivity index (χ0n) is 13.3. The second-order valence-corrected chi connectivity index (χ2v) is 4.85. The summed E-state index contributed by atoms with van der Waals surface area (Å²) in [5.74, 6) is -0.530. The van der Waals surface area contributed by atoms with Gasteiger partial charge in [-0.15, -0.1) is 0 Å². The van der Waals surface area contributed by atoms with Gasteiger partial charge in [-0.25, -0.2) is 9.59 Å². The summed E-state index contributed by atoms with van der Waals surface area (Å²) in [6.45, 7) is 7.70. The molecule has 0 bridgehead atoms. The Morgan fingerprint density at radius 3 is 2.33 bits per heavy atom. The summed E-state index contributed by atoms with van der Waals surface area (Å²) in [6, 6.07) is 0. The van der Waals surface area contributed by atoms with Crippen LogP contribution in [0, 0.1) is 0 Å². The van der Waals surface area contributed by atoms with E-state index in [1.807, 2.05) is 6.92 Å². The van der Waals surface area contributed by atoms with Gasteiger partial charge in [0, 0.05) is 6.08 Å². The van der Waals surface area contributed by atoms with Crippen molar-refractivity contribution >= 4 is 12.1 Å². The minimum Gasteiger partial charge on any atom is -0.459 e. The average Bonchev–Trinajstić information content (AvgIpc) is 2.50. The molecule has 0 heterocycles. The molecule has 0 saturated heterocycles. The minimum atomic E-state index is -0.704. The third-order valence-corrected chi connectivity index (χ3v) is 3.01. The Kier molecular flexibility index (Phi) is 12.5. The van der Waals surface area contributed by atoms with Crippen molar-refractivity contribution in [1.82, 2.24) is 0 Å². The summed E-state index contributed by atoms with van der Waals surface area (Å²) in [4.78, 5) is 22.4. The molecule has 0 spiro atoms. The summed E-state index contributed by atoms with van der Waals surface area (Å²) >= 11 is 0. The average molecular weight is 300 g/mol. The van der Waals surface area contributed by atoms with Crippen molar-refractivity contribution in [2.75, 3.05) is 13.2 Å². The van der Waals surface area contributed by atoms with Crippen LogP contribution in [0.3, 0.4) is 0 Å². The molecule has 0 amide bonds. The van der Waals surface area contributed by atoms with Crippen molar-refractivity contribution in [1.29, 1.82) is 0 Å². The number of unbranched alkanes of at least 4 members (excludes halogenated alkanes) is 5. The fourth-order valence-corrected chi connectivity index (χ4v) is 1.68. The zero-order chi connectivity index (χ0) is 15.9. The van der Waals surface area contributed by atoms with Crippen LogP contribution >= 0.6 is 0 Å². The van der Waals surface area contributed by atoms with Gasteiger partial charge >= 0.3 is 12.1 Å². The van der Waals surface area contributed by atoms with Gasteiger partial charge in [-0.2, -0.15) is 0 Å². The standard InChI is InChI=1S/C16H28O5/c1-4-7-8-9-10-11-12-19-16(18)21-14(5-2)13-20-15(17)6-3/h6,14H,3-5,7-13H2,1-2H3. The SMILES string of the molecule is C=CC(=O)OCC(CC)OC(=O)OCCCCCCCC. The number of hydrogen-bond acceptors (Lipinski definition) is 5. The quantitative estimate of drug-likeness (QED) is 0.309. The summed E-state index contributed by atoms with van der Waals surface area (Å²) in [5, 5.41) is 0. The molecule has 0 aliphatic heterocycles. The van der Waals surface area contributed by atoms with E-state index in [1.165, 1.54) is 25.7 Å². The Balaban J connectivity index is 3.65. The smallest absolute Gasteiger partial charge is 0.459 e. The largest absolute Gasteiger partial charge is 0.508 e. The molecule has 0 aliphatic carbocycles. The maximum absolute atomic E-state index is 11.5. The number of carbonyl (C=O) groups excluding carboxylic acids is 2. The van der Waals surface area contributed by atoms with E-state index in [-0.39, 0.29) is 6.61 Å². The third kappa shape index (κ3) is 12.0. The van der Waals surface area contributed by atoms with Crippen molar-refractivity contribution in [3.05, 3.63) is 12.7 Å². The van der Waals surface area contributed by atoms with Crippen molar-refractivity contribution in [3.63, 3.8) is 0 Å². The highest BCUT2D eigenvalue weighted by molar-refractivity contribution is 5.81. The van der Waals surface area contributed by atoms with Gasteiger partial charge in [0.25, 0.3) is 0 Å². The maximum Gasteiger partial charge on any atom is 0.508 e. The van der Waals surface area contributed by atoms with Gasteiger partial charge in [-0.3, -0.25) is 0 Å². The summed E-state index contributed by atoms with van der Waals surface area (Å²) < 4.78 is 14.9. The zero-order valence-corrected chi connectivity index (χ0v) is 13.3. The van der Waals surface area contributed by atoms with Crippen molar-refractivity contribution in [3.8, 4) is 0 Å². The Bertz CT molecular complexity index is 301. The first-order valence-electron chi connectivity index (χ1n) is 7.76. The third-order valence-electron chi connectivity index (χ3n) is 3.01. The van der Waals surface area contributed by atoms with E-state index < -0.39 is 18.2 Å². The molecule has 0 radical (unpaired) electrons. The van der Waals surface area contributed by atoms with E-state index in [0.29, 0.717) is 13.0 Å². The topological polar surface area (TPSA) is 61.8 Å². The van der Waals surface area contributed by atoms with Gasteiger partial charge in [-0.05, 0) is 12.8 Å². The highest BCUT2D eigenvalue weighted by atomic mass is 16.7. The number of ether oxygens (including phenoxy) is 3. The van der Waals surface area contributed by atoms with Gasteiger partial charge < -0.3 is 14.2 Å². The molecule has 5 heteroatoms. The van der Waals surface area contributed by atoms with Crippen LogP contribution in [0.2, 0.25) is 0 Å². The summed E-state index contributed by atoms with van der Waals surface area (Å²) in [6.07, 6.45) is 7.22. The van der Waals surface area contributed by atoms with Crippen molar-refractivity contribution in [2.45, 2.75) is 64.9 Å². The summed E-state index contributed by atoms with van der Waals surface area (Å²) in [5.41, 5.74) is 0. The molecule has 1 atom stereocenters. The molecular formula is C16H28O5. The van der Waals surface area contributed by atoms with Crippen LogP contribution in [0.25, 0.3) is 0 Å². The van der Waals surface area contributed by atoms with Crippen LogP contribution in [0.4, 0.5) is 4.79 Å². The number of rotatable bonds is 12. The lowest BCUT2D eigenvalue weighted by Crippen LogP contribution is -2.24. The Morgan fingerprint density at radius 2 is 1.71 bits per heavy atom. The molecule has 0 aromatic carbocycles. The molecule has 0 aromatic rings. The molecular weight excluding hydrogens is 272 g/mol. The van der Waals surface area contributed by atoms with E-state index in [0.717, 1.165) is 18.9 Å². The maximum atomic E-state index is 11.5. The number of esters is 1. The lowest BCUT2D eigenvalue weighted by Gasteiger charge is -2.15. The molecule has 0 rings (SSSR count). The molecule has 21 heavy (non-hydrogen) atoms. The van der Waals surface area contributed by atoms with Gasteiger partial charge in [0.2, 0.25) is 0 Å². The van der Waals surface area contributed by atoms with Crippen LogP contribution in [-0.4, -0.2) is 31.4 Å². The number of carbonyl (C=O) groups is 2. The van der Waals surface area contributed by atoms with Gasteiger partial charge in [0.05, 0.1) is 6.61 Å². The highest BCUT2D eigenvalue weighted by Gasteiger charge is 2.15. The monoisotopic (exact) mass is 300 g/mol. The normalized spacial score (nSPS) is 11.5. The van der Waals surface area contributed by atoms with E-state index in [4.69, 9.17) is 14.2 Å². The first-order valence-corrected chi connectivity index (χ1v) is 7.76. The van der Waals surface area contributed by atoms with Crippen molar-refractivity contribution < 1.29 is 23.8 Å². The predicted octanol–water partition coefficient (Wildman–Crippen LogP) is 4.01. The van der Waals surface area contributed by atoms with Gasteiger partial charge in [0.1, 0.15) is 12.7 Å². The highest BCUT2D eigenvalue weighted by Crippen LogP contribution is 2.06. The predicted molar refractivity (Wildman–Crippen MR) is 81.0 cm³/mol. The molecule has 0 N–H and O–H groups in total. The molecule has 5 nitrogen and oxygen atoms in total. The van der Waals surface area contributed by atoms with Crippen LogP contribution in [0.15, 0.2) is 12.7 Å². The Labute approximate surface area is 127 Å². The van der Waals surface area contributed by atoms with Crippen LogP contribution in [0.1, 0.15) is 58.8 Å². The van der Waals surface area contributed by atoms with Gasteiger partial charge in [0.15, 0.2) is 0 Å². The van der Waals surface area contributed by atoms with Crippen molar-refractivity contribution in [2.24, 2.45) is 0 Å². The van der Waals surface area contributed by atoms with E-state index >= 15 is 0 Å². The second-order valence-electron chi connectivity index (χ2n) is 4.85. The minimum absolute atomic E-state index is 0.0213. The molecule has 0 aliphatic rings. The first-order chi connectivity index (χ1) is 10.1. The molecule has 0 fully saturated rings. The first kappa shape index (κ1) is 19.5. The van der Waals surface area contributed by atoms with E-state index in [9.17, 15) is 9.59 Å². The van der Waals surface area contributed by atoms with Crippen LogP contribution in [-0.2, 0) is 19.0 Å². The number of hydrogen-bond donors (Lipinski definition) is 0. The lowest BCUT2D eigenvalue weighted by atomic mass is 10.1. The molecule has 1 unspecified atom stereocenters. The molecule has 0 saturated carbocycles. The van der Waals surface area contributed by atoms with Crippen LogP contribution in [0.5, 0.6) is 0 Å². The molecule has 0 aromatic heterocycles. The Hall–Kier alpha value is -1.52. The van der Waals surface area contributed by atoms with E-state index in [2.05, 4.69) is 13.5 Å². The summed E-state index contributed by atoms with van der Waals surface area (Å²) in [7, 11) is 0.